The number of aromatic nitrogens is 1. The lowest BCUT2D eigenvalue weighted by Gasteiger charge is -2.26. The monoisotopic (exact) mass is 285 g/mol. The van der Waals surface area contributed by atoms with Crippen molar-refractivity contribution >= 4 is 10.9 Å². The summed E-state index contributed by atoms with van der Waals surface area (Å²) in [4.78, 5) is 6.83. The molecule has 1 aliphatic heterocycles. The highest BCUT2D eigenvalue weighted by molar-refractivity contribution is 5.78. The number of fused-ring (bicyclic) bond motifs is 1. The average Bonchev–Trinajstić information content (AvgIpc) is 2.55. The highest BCUT2D eigenvalue weighted by Crippen LogP contribution is 2.13. The van der Waals surface area contributed by atoms with Crippen LogP contribution in [-0.2, 0) is 11.3 Å². The third-order valence-corrected chi connectivity index (χ3v) is 3.93. The Morgan fingerprint density at radius 2 is 2.10 bits per heavy atom. The highest BCUT2D eigenvalue weighted by Gasteiger charge is 2.08. The smallest absolute Gasteiger partial charge is 0.0702 e. The molecule has 21 heavy (non-hydrogen) atoms. The van der Waals surface area contributed by atoms with Crippen molar-refractivity contribution in [2.24, 2.45) is 0 Å². The number of hydrogen-bond acceptors (Lipinski definition) is 4. The van der Waals surface area contributed by atoms with E-state index in [4.69, 9.17) is 4.74 Å². The van der Waals surface area contributed by atoms with E-state index >= 15 is 0 Å². The van der Waals surface area contributed by atoms with Crippen molar-refractivity contribution in [1.82, 2.24) is 15.2 Å². The van der Waals surface area contributed by atoms with Gasteiger partial charge >= 0.3 is 0 Å². The lowest BCUT2D eigenvalue weighted by Crippen LogP contribution is -2.37. The Hall–Kier alpha value is -1.49. The summed E-state index contributed by atoms with van der Waals surface area (Å²) in [6, 6.07) is 10.6. The van der Waals surface area contributed by atoms with Crippen molar-refractivity contribution in [3.8, 4) is 0 Å². The number of morpholine rings is 1. The molecule has 0 spiro atoms. The van der Waals surface area contributed by atoms with E-state index in [1.807, 2.05) is 12.3 Å². The fraction of sp³-hybridized carbons (Fsp3) is 0.471. The van der Waals surface area contributed by atoms with Gasteiger partial charge in [0.2, 0.25) is 0 Å². The van der Waals surface area contributed by atoms with Gasteiger partial charge in [0.1, 0.15) is 0 Å². The topological polar surface area (TPSA) is 37.4 Å². The molecule has 2 heterocycles. The van der Waals surface area contributed by atoms with Gasteiger partial charge in [-0.1, -0.05) is 12.1 Å². The quantitative estimate of drug-likeness (QED) is 0.824. The Morgan fingerprint density at radius 3 is 3.00 bits per heavy atom. The number of hydrogen-bond donors (Lipinski definition) is 1. The van der Waals surface area contributed by atoms with Gasteiger partial charge in [-0.25, -0.2) is 0 Å². The van der Waals surface area contributed by atoms with Crippen LogP contribution in [0.2, 0.25) is 0 Å². The van der Waals surface area contributed by atoms with E-state index in [-0.39, 0.29) is 0 Å². The van der Waals surface area contributed by atoms with E-state index in [0.29, 0.717) is 0 Å². The number of pyridine rings is 1. The predicted octanol–water partition coefficient (Wildman–Crippen LogP) is 2.05. The summed E-state index contributed by atoms with van der Waals surface area (Å²) in [6.45, 7) is 7.08. The first-order valence-corrected chi connectivity index (χ1v) is 7.76. The zero-order chi connectivity index (χ0) is 14.3. The van der Waals surface area contributed by atoms with Crippen molar-refractivity contribution in [2.75, 3.05) is 39.4 Å². The van der Waals surface area contributed by atoms with Crippen LogP contribution in [0.4, 0.5) is 0 Å². The van der Waals surface area contributed by atoms with Gasteiger partial charge in [0.25, 0.3) is 0 Å². The zero-order valence-corrected chi connectivity index (χ0v) is 12.4. The molecular weight excluding hydrogens is 262 g/mol. The summed E-state index contributed by atoms with van der Waals surface area (Å²) < 4.78 is 5.36. The van der Waals surface area contributed by atoms with E-state index < -0.39 is 0 Å². The van der Waals surface area contributed by atoms with Crippen LogP contribution in [0.3, 0.4) is 0 Å². The number of ether oxygens (including phenoxy) is 1. The fourth-order valence-electron chi connectivity index (χ4n) is 2.72. The highest BCUT2D eigenvalue weighted by atomic mass is 16.5. The molecule has 0 bridgehead atoms. The van der Waals surface area contributed by atoms with Crippen LogP contribution >= 0.6 is 0 Å². The SMILES string of the molecule is c1cnc2ccc(CNCCCN3CCOCC3)cc2c1. The fourth-order valence-corrected chi connectivity index (χ4v) is 2.72. The summed E-state index contributed by atoms with van der Waals surface area (Å²) in [5.74, 6) is 0. The lowest BCUT2D eigenvalue weighted by molar-refractivity contribution is 0.0374. The van der Waals surface area contributed by atoms with E-state index in [1.165, 1.54) is 17.4 Å². The second kappa shape index (κ2) is 7.50. The largest absolute Gasteiger partial charge is 0.379 e. The molecule has 1 aromatic carbocycles. The normalized spacial score (nSPS) is 16.4. The molecule has 3 rings (SSSR count). The molecule has 2 aromatic rings. The van der Waals surface area contributed by atoms with Gasteiger partial charge in [0.15, 0.2) is 0 Å². The van der Waals surface area contributed by atoms with Crippen LogP contribution in [0, 0.1) is 0 Å². The van der Waals surface area contributed by atoms with Gasteiger partial charge < -0.3 is 10.1 Å². The Kier molecular flexibility index (Phi) is 5.16. The van der Waals surface area contributed by atoms with Gasteiger partial charge in [-0.05, 0) is 43.3 Å². The number of rotatable bonds is 6. The molecule has 0 unspecified atom stereocenters. The molecular formula is C17H23N3O. The van der Waals surface area contributed by atoms with Crippen LogP contribution < -0.4 is 5.32 Å². The predicted molar refractivity (Wildman–Crippen MR) is 85.3 cm³/mol. The molecule has 1 aromatic heterocycles. The number of nitrogens with one attached hydrogen (secondary N) is 1. The summed E-state index contributed by atoms with van der Waals surface area (Å²) >= 11 is 0. The summed E-state index contributed by atoms with van der Waals surface area (Å²) in [5.41, 5.74) is 2.38. The minimum absolute atomic E-state index is 0.887. The van der Waals surface area contributed by atoms with Crippen molar-refractivity contribution in [3.05, 3.63) is 42.1 Å². The van der Waals surface area contributed by atoms with Crippen LogP contribution in [0.15, 0.2) is 36.5 Å². The average molecular weight is 285 g/mol. The van der Waals surface area contributed by atoms with Crippen LogP contribution in [0.25, 0.3) is 10.9 Å². The first-order valence-electron chi connectivity index (χ1n) is 7.76. The number of nitrogens with zero attached hydrogens (tertiary/aromatic N) is 2. The Bertz CT molecular complexity index is 567. The minimum atomic E-state index is 0.887. The molecule has 0 atom stereocenters. The van der Waals surface area contributed by atoms with Crippen molar-refractivity contribution in [3.63, 3.8) is 0 Å². The molecule has 1 aliphatic rings. The summed E-state index contributed by atoms with van der Waals surface area (Å²) in [5, 5.41) is 4.74. The molecule has 1 fully saturated rings. The summed E-state index contributed by atoms with van der Waals surface area (Å²) in [7, 11) is 0. The van der Waals surface area contributed by atoms with E-state index in [9.17, 15) is 0 Å². The van der Waals surface area contributed by atoms with Gasteiger partial charge in [0, 0.05) is 31.2 Å². The first kappa shape index (κ1) is 14.4. The van der Waals surface area contributed by atoms with Crippen molar-refractivity contribution in [1.29, 1.82) is 0 Å². The van der Waals surface area contributed by atoms with Gasteiger partial charge in [-0.15, -0.1) is 0 Å². The molecule has 1 N–H and O–H groups in total. The second-order valence-corrected chi connectivity index (χ2v) is 5.51. The maximum atomic E-state index is 5.36. The second-order valence-electron chi connectivity index (χ2n) is 5.51. The van der Waals surface area contributed by atoms with E-state index in [1.54, 1.807) is 0 Å². The Labute approximate surface area is 126 Å². The van der Waals surface area contributed by atoms with E-state index in [0.717, 1.165) is 51.5 Å². The molecule has 0 amide bonds. The Balaban J connectivity index is 1.39. The van der Waals surface area contributed by atoms with Crippen molar-refractivity contribution in [2.45, 2.75) is 13.0 Å². The molecule has 0 aliphatic carbocycles. The lowest BCUT2D eigenvalue weighted by atomic mass is 10.1. The van der Waals surface area contributed by atoms with Gasteiger partial charge in [0.05, 0.1) is 18.7 Å². The standard InChI is InChI=1S/C17H23N3O/c1-3-16-13-15(4-5-17(16)19-7-1)14-18-6-2-8-20-9-11-21-12-10-20/h1,3-5,7,13,18H,2,6,8-12,14H2. The maximum Gasteiger partial charge on any atom is 0.0702 e. The van der Waals surface area contributed by atoms with Crippen LogP contribution in [0.5, 0.6) is 0 Å². The molecule has 4 heteroatoms. The third kappa shape index (κ3) is 4.24. The third-order valence-electron chi connectivity index (χ3n) is 3.93. The molecule has 1 saturated heterocycles. The van der Waals surface area contributed by atoms with Gasteiger partial charge in [-0.2, -0.15) is 0 Å². The molecule has 112 valence electrons. The van der Waals surface area contributed by atoms with Crippen molar-refractivity contribution < 1.29 is 4.74 Å². The number of benzene rings is 1. The minimum Gasteiger partial charge on any atom is -0.379 e. The summed E-state index contributed by atoms with van der Waals surface area (Å²) in [6.07, 6.45) is 3.03. The maximum absolute atomic E-state index is 5.36. The van der Waals surface area contributed by atoms with Crippen LogP contribution in [0.1, 0.15) is 12.0 Å². The van der Waals surface area contributed by atoms with Crippen LogP contribution in [-0.4, -0.2) is 49.3 Å². The first-order chi connectivity index (χ1) is 10.4. The van der Waals surface area contributed by atoms with Gasteiger partial charge in [-0.3, -0.25) is 9.88 Å². The van der Waals surface area contributed by atoms with E-state index in [2.05, 4.69) is 39.5 Å². The Morgan fingerprint density at radius 1 is 1.19 bits per heavy atom. The molecule has 0 radical (unpaired) electrons. The molecule has 4 nitrogen and oxygen atoms in total. The zero-order valence-electron chi connectivity index (χ0n) is 12.4. The molecule has 0 saturated carbocycles.